The summed E-state index contributed by atoms with van der Waals surface area (Å²) >= 11 is 0. The van der Waals surface area contributed by atoms with E-state index in [4.69, 9.17) is 0 Å². The highest BCUT2D eigenvalue weighted by molar-refractivity contribution is 5.78. The topological polar surface area (TPSA) is 59.8 Å². The van der Waals surface area contributed by atoms with Gasteiger partial charge in [0.1, 0.15) is 5.69 Å². The molecule has 1 aliphatic rings. The fourth-order valence-electron chi connectivity index (χ4n) is 3.89. The van der Waals surface area contributed by atoms with E-state index in [1.165, 1.54) is 12.6 Å². The zero-order valence-corrected chi connectivity index (χ0v) is 16.9. The zero-order chi connectivity index (χ0) is 21.8. The molecule has 0 radical (unpaired) electrons. The van der Waals surface area contributed by atoms with Crippen molar-refractivity contribution in [3.8, 4) is 16.9 Å². The molecule has 2 heterocycles. The number of rotatable bonds is 5. The lowest BCUT2D eigenvalue weighted by molar-refractivity contribution is -0.142. The van der Waals surface area contributed by atoms with Crippen LogP contribution >= 0.6 is 0 Å². The Kier molecular flexibility index (Phi) is 6.06. The first-order valence-electron chi connectivity index (χ1n) is 10.4. The van der Waals surface area contributed by atoms with Gasteiger partial charge in [0.05, 0.1) is 11.4 Å². The van der Waals surface area contributed by atoms with Gasteiger partial charge < -0.3 is 5.32 Å². The van der Waals surface area contributed by atoms with Crippen molar-refractivity contribution in [1.82, 2.24) is 20.1 Å². The molecule has 1 saturated carbocycles. The first-order valence-corrected chi connectivity index (χ1v) is 10.4. The summed E-state index contributed by atoms with van der Waals surface area (Å²) < 4.78 is 41.7. The number of benzene rings is 1. The molecule has 0 aliphatic heterocycles. The Bertz CT molecular complexity index is 1020. The van der Waals surface area contributed by atoms with Gasteiger partial charge in [0, 0.05) is 30.4 Å². The Balaban J connectivity index is 1.51. The van der Waals surface area contributed by atoms with Crippen molar-refractivity contribution in [3.63, 3.8) is 0 Å². The summed E-state index contributed by atoms with van der Waals surface area (Å²) in [7, 11) is 0. The van der Waals surface area contributed by atoms with E-state index in [1.54, 1.807) is 42.6 Å². The molecule has 0 bridgehead atoms. The number of hydrogen-bond donors (Lipinski definition) is 1. The lowest BCUT2D eigenvalue weighted by Crippen LogP contribution is -2.31. The monoisotopic (exact) mass is 428 g/mol. The van der Waals surface area contributed by atoms with Crippen LogP contribution in [0.4, 0.5) is 13.2 Å². The number of carbonyl (C=O) groups excluding carboxylic acids is 1. The number of nitrogens with one attached hydrogen (secondary N) is 1. The maximum atomic E-state index is 13.6. The lowest BCUT2D eigenvalue weighted by Gasteiger charge is -2.20. The number of halogens is 3. The molecule has 1 fully saturated rings. The molecule has 1 N–H and O–H groups in total. The molecule has 0 atom stereocenters. The van der Waals surface area contributed by atoms with Crippen molar-refractivity contribution in [3.05, 3.63) is 66.1 Å². The fraction of sp³-hybridized carbons (Fsp3) is 0.348. The maximum absolute atomic E-state index is 13.6. The Morgan fingerprint density at radius 1 is 1.10 bits per heavy atom. The molecule has 1 aliphatic carbocycles. The molecule has 1 amide bonds. The molecule has 8 heteroatoms. The molecule has 162 valence electrons. The third-order valence-electron chi connectivity index (χ3n) is 5.58. The Morgan fingerprint density at radius 3 is 2.48 bits per heavy atom. The molecule has 1 aromatic carbocycles. The highest BCUT2D eigenvalue weighted by atomic mass is 19.4. The van der Waals surface area contributed by atoms with E-state index in [0.29, 0.717) is 17.8 Å². The molecule has 5 nitrogen and oxygen atoms in total. The molecule has 2 aromatic heterocycles. The van der Waals surface area contributed by atoms with E-state index >= 15 is 0 Å². The van der Waals surface area contributed by atoms with Crippen LogP contribution in [0.15, 0.2) is 54.9 Å². The summed E-state index contributed by atoms with van der Waals surface area (Å²) in [4.78, 5) is 16.2. The summed E-state index contributed by atoms with van der Waals surface area (Å²) in [5.41, 5.74) is 0.966. The summed E-state index contributed by atoms with van der Waals surface area (Å²) in [6.45, 7) is 0.349. The van der Waals surface area contributed by atoms with E-state index in [1.807, 2.05) is 0 Å². The quantitative estimate of drug-likeness (QED) is 0.611. The number of carbonyl (C=O) groups is 1. The number of alkyl halides is 3. The Labute approximate surface area is 178 Å². The van der Waals surface area contributed by atoms with Gasteiger partial charge >= 0.3 is 6.18 Å². The fourth-order valence-corrected chi connectivity index (χ4v) is 3.89. The van der Waals surface area contributed by atoms with Crippen LogP contribution in [-0.2, 0) is 17.5 Å². The minimum atomic E-state index is -4.56. The van der Waals surface area contributed by atoms with Crippen LogP contribution in [0, 0.1) is 5.92 Å². The lowest BCUT2D eigenvalue weighted by atomic mass is 9.88. The van der Waals surface area contributed by atoms with Gasteiger partial charge in [0.15, 0.2) is 0 Å². The van der Waals surface area contributed by atoms with Gasteiger partial charge in [0.25, 0.3) is 0 Å². The highest BCUT2D eigenvalue weighted by Crippen LogP contribution is 2.34. The van der Waals surface area contributed by atoms with Gasteiger partial charge in [-0.25, -0.2) is 4.68 Å². The zero-order valence-electron chi connectivity index (χ0n) is 16.9. The smallest absolute Gasteiger partial charge is 0.352 e. The summed E-state index contributed by atoms with van der Waals surface area (Å²) in [5.74, 6) is 0.119. The maximum Gasteiger partial charge on any atom is 0.433 e. The number of aromatic nitrogens is 3. The summed E-state index contributed by atoms with van der Waals surface area (Å²) in [6, 6.07) is 10.9. The van der Waals surface area contributed by atoms with Crippen molar-refractivity contribution in [2.75, 3.05) is 0 Å². The van der Waals surface area contributed by atoms with Crippen LogP contribution in [0.5, 0.6) is 0 Å². The SMILES string of the molecule is O=C(NCc1ccc(-n2nc(-c3cccnc3)cc2C(F)(F)F)cc1)C1CCCCC1. The Hall–Kier alpha value is -3.16. The summed E-state index contributed by atoms with van der Waals surface area (Å²) in [5, 5.41) is 7.11. The first kappa shape index (κ1) is 21.1. The number of pyridine rings is 1. The number of hydrogen-bond acceptors (Lipinski definition) is 3. The van der Waals surface area contributed by atoms with E-state index in [2.05, 4.69) is 15.4 Å². The van der Waals surface area contributed by atoms with E-state index in [9.17, 15) is 18.0 Å². The Morgan fingerprint density at radius 2 is 1.84 bits per heavy atom. The predicted octanol–water partition coefficient (Wildman–Crippen LogP) is 5.15. The summed E-state index contributed by atoms with van der Waals surface area (Å²) in [6.07, 6.45) is 3.66. The van der Waals surface area contributed by atoms with Gasteiger partial charge in [-0.15, -0.1) is 0 Å². The number of amides is 1. The van der Waals surface area contributed by atoms with E-state index < -0.39 is 11.9 Å². The van der Waals surface area contributed by atoms with Crippen molar-refractivity contribution < 1.29 is 18.0 Å². The largest absolute Gasteiger partial charge is 0.433 e. The average molecular weight is 428 g/mol. The van der Waals surface area contributed by atoms with Crippen molar-refractivity contribution in [2.24, 2.45) is 5.92 Å². The molecule has 3 aromatic rings. The van der Waals surface area contributed by atoms with Crippen LogP contribution in [0.3, 0.4) is 0 Å². The van der Waals surface area contributed by atoms with Gasteiger partial charge in [-0.1, -0.05) is 31.4 Å². The van der Waals surface area contributed by atoms with Crippen molar-refractivity contribution in [1.29, 1.82) is 0 Å². The minimum absolute atomic E-state index is 0.0522. The second-order valence-corrected chi connectivity index (χ2v) is 7.79. The molecule has 0 unspecified atom stereocenters. The van der Waals surface area contributed by atoms with Gasteiger partial charge in [-0.05, 0) is 48.7 Å². The van der Waals surface area contributed by atoms with Crippen molar-refractivity contribution in [2.45, 2.75) is 44.8 Å². The molecule has 4 rings (SSSR count). The minimum Gasteiger partial charge on any atom is -0.352 e. The van der Waals surface area contributed by atoms with E-state index in [-0.39, 0.29) is 17.5 Å². The van der Waals surface area contributed by atoms with Gasteiger partial charge in [-0.3, -0.25) is 9.78 Å². The van der Waals surface area contributed by atoms with Crippen LogP contribution < -0.4 is 5.32 Å². The molecule has 0 spiro atoms. The first-order chi connectivity index (χ1) is 14.9. The standard InChI is InChI=1S/C23H23F3N4O/c24-23(25,26)21-13-20(18-7-4-12-27-15-18)29-30(21)19-10-8-16(9-11-19)14-28-22(31)17-5-2-1-3-6-17/h4,7-13,15,17H,1-3,5-6,14H2,(H,28,31). The highest BCUT2D eigenvalue weighted by Gasteiger charge is 2.36. The van der Waals surface area contributed by atoms with Crippen LogP contribution in [-0.4, -0.2) is 20.7 Å². The van der Waals surface area contributed by atoms with E-state index in [0.717, 1.165) is 42.0 Å². The van der Waals surface area contributed by atoms with Crippen molar-refractivity contribution >= 4 is 5.91 Å². The predicted molar refractivity (Wildman–Crippen MR) is 110 cm³/mol. The van der Waals surface area contributed by atoms with Crippen LogP contribution in [0.25, 0.3) is 16.9 Å². The van der Waals surface area contributed by atoms with Crippen LogP contribution in [0.1, 0.15) is 43.4 Å². The van der Waals surface area contributed by atoms with Gasteiger partial charge in [-0.2, -0.15) is 18.3 Å². The second-order valence-electron chi connectivity index (χ2n) is 7.79. The normalized spacial score (nSPS) is 15.1. The third kappa shape index (κ3) is 4.95. The van der Waals surface area contributed by atoms with Crippen LogP contribution in [0.2, 0.25) is 0 Å². The third-order valence-corrected chi connectivity index (χ3v) is 5.58. The molecular formula is C23H23F3N4O. The number of nitrogens with zero attached hydrogens (tertiary/aromatic N) is 3. The second kappa shape index (κ2) is 8.91. The average Bonchev–Trinajstić information content (AvgIpc) is 3.25. The van der Waals surface area contributed by atoms with Gasteiger partial charge in [0.2, 0.25) is 5.91 Å². The molecular weight excluding hydrogens is 405 g/mol. The molecule has 0 saturated heterocycles. The molecule has 31 heavy (non-hydrogen) atoms.